The van der Waals surface area contributed by atoms with Crippen molar-refractivity contribution in [2.45, 2.75) is 138 Å². The Balaban J connectivity index is 1.36. The van der Waals surface area contributed by atoms with Gasteiger partial charge in [0.2, 0.25) is 0 Å². The van der Waals surface area contributed by atoms with Crippen LogP contribution in [0, 0.1) is 56.7 Å². The summed E-state index contributed by atoms with van der Waals surface area (Å²) < 4.78 is 5.90. The third-order valence-electron chi connectivity index (χ3n) is 13.8. The van der Waals surface area contributed by atoms with E-state index in [-0.39, 0.29) is 23.6 Å². The van der Waals surface area contributed by atoms with Crippen molar-refractivity contribution in [2.75, 3.05) is 0 Å². The first-order chi connectivity index (χ1) is 16.3. The first-order valence-electron chi connectivity index (χ1n) is 15.1. The number of hydrogen-bond acceptors (Lipinski definition) is 3. The van der Waals surface area contributed by atoms with Gasteiger partial charge in [0.1, 0.15) is 6.10 Å². The largest absolute Gasteiger partial charge is 0.462 e. The molecule has 0 aliphatic heterocycles. The molecule has 5 aliphatic carbocycles. The third kappa shape index (κ3) is 3.41. The van der Waals surface area contributed by atoms with E-state index in [2.05, 4.69) is 48.5 Å². The standard InChI is InChI=1S/C32H54O3/c1-20(2)24(34)10-9-21(3)23-13-15-30(8)26-12-11-25-28(5,6)27(35-22(4)33)14-16-31(25)19-32(26,31)18-17-29(23,30)7/h20-21,23-27,34H,9-19H2,1-8H3/t21-,23-,24?,25+,26+,27+,29-,30+,31-,32+/m1/s1. The quantitative estimate of drug-likeness (QED) is 0.390. The second kappa shape index (κ2) is 8.21. The van der Waals surface area contributed by atoms with Gasteiger partial charge in [-0.3, -0.25) is 4.79 Å². The molecule has 1 N–H and O–H groups in total. The molecule has 5 fully saturated rings. The van der Waals surface area contributed by atoms with Gasteiger partial charge < -0.3 is 9.84 Å². The molecule has 0 radical (unpaired) electrons. The van der Waals surface area contributed by atoms with Crippen molar-refractivity contribution in [3.8, 4) is 0 Å². The summed E-state index contributed by atoms with van der Waals surface area (Å²) in [7, 11) is 0. The Bertz CT molecular complexity index is 848. The summed E-state index contributed by atoms with van der Waals surface area (Å²) in [6.07, 6.45) is 14.1. The Labute approximate surface area is 215 Å². The van der Waals surface area contributed by atoms with Crippen molar-refractivity contribution < 1.29 is 14.6 Å². The summed E-state index contributed by atoms with van der Waals surface area (Å²) in [6, 6.07) is 0. The smallest absolute Gasteiger partial charge is 0.302 e. The monoisotopic (exact) mass is 486 g/mol. The minimum absolute atomic E-state index is 0.0873. The van der Waals surface area contributed by atoms with Crippen molar-refractivity contribution in [3.63, 3.8) is 0 Å². The fraction of sp³-hybridized carbons (Fsp3) is 0.969. The maximum absolute atomic E-state index is 11.8. The van der Waals surface area contributed by atoms with Crippen LogP contribution in [0.1, 0.15) is 126 Å². The zero-order valence-corrected chi connectivity index (χ0v) is 24.1. The van der Waals surface area contributed by atoms with Gasteiger partial charge >= 0.3 is 5.97 Å². The van der Waals surface area contributed by atoms with Gasteiger partial charge in [0.15, 0.2) is 0 Å². The highest BCUT2D eigenvalue weighted by atomic mass is 16.5. The van der Waals surface area contributed by atoms with E-state index in [9.17, 15) is 9.90 Å². The van der Waals surface area contributed by atoms with Crippen LogP contribution in [0.5, 0.6) is 0 Å². The normalized spacial score (nSPS) is 49.3. The zero-order chi connectivity index (χ0) is 25.6. The van der Waals surface area contributed by atoms with Gasteiger partial charge in [-0.15, -0.1) is 0 Å². The van der Waals surface area contributed by atoms with E-state index in [1.165, 1.54) is 57.8 Å². The Morgan fingerprint density at radius 1 is 0.857 bits per heavy atom. The van der Waals surface area contributed by atoms with E-state index in [1.807, 2.05) is 0 Å². The molecule has 3 heteroatoms. The van der Waals surface area contributed by atoms with Crippen LogP contribution in [0.15, 0.2) is 0 Å². The Hall–Kier alpha value is -0.570. The lowest BCUT2D eigenvalue weighted by atomic mass is 9.41. The minimum atomic E-state index is -0.153. The molecule has 0 saturated heterocycles. The summed E-state index contributed by atoms with van der Waals surface area (Å²) in [5, 5.41) is 10.5. The molecule has 5 rings (SSSR count). The average Bonchev–Trinajstić information content (AvgIpc) is 3.36. The molecule has 0 amide bonds. The average molecular weight is 487 g/mol. The predicted molar refractivity (Wildman–Crippen MR) is 142 cm³/mol. The number of ether oxygens (including phenoxy) is 1. The second-order valence-electron chi connectivity index (χ2n) is 15.5. The molecule has 10 atom stereocenters. The third-order valence-corrected chi connectivity index (χ3v) is 13.8. The van der Waals surface area contributed by atoms with Gasteiger partial charge in [0, 0.05) is 12.3 Å². The maximum Gasteiger partial charge on any atom is 0.302 e. The molecule has 0 aromatic carbocycles. The Kier molecular flexibility index (Phi) is 6.11. The molecule has 200 valence electrons. The molecule has 0 bridgehead atoms. The molecule has 0 aromatic heterocycles. The highest BCUT2D eigenvalue weighted by molar-refractivity contribution is 5.66. The molecule has 35 heavy (non-hydrogen) atoms. The van der Waals surface area contributed by atoms with Gasteiger partial charge in [0.25, 0.3) is 0 Å². The van der Waals surface area contributed by atoms with E-state index in [4.69, 9.17) is 4.74 Å². The van der Waals surface area contributed by atoms with E-state index < -0.39 is 0 Å². The molecule has 0 aromatic rings. The van der Waals surface area contributed by atoms with Crippen LogP contribution >= 0.6 is 0 Å². The summed E-state index contributed by atoms with van der Waals surface area (Å²) in [5.74, 6) is 3.32. The number of carbonyl (C=O) groups is 1. The van der Waals surface area contributed by atoms with Gasteiger partial charge in [-0.1, -0.05) is 48.5 Å². The Morgan fingerprint density at radius 2 is 1.51 bits per heavy atom. The topological polar surface area (TPSA) is 46.5 Å². The summed E-state index contributed by atoms with van der Waals surface area (Å²) in [6.45, 7) is 18.6. The lowest BCUT2D eigenvalue weighted by molar-refractivity contribution is -0.181. The second-order valence-corrected chi connectivity index (χ2v) is 15.5. The Morgan fingerprint density at radius 3 is 2.17 bits per heavy atom. The number of fused-ring (bicyclic) bond motifs is 2. The van der Waals surface area contributed by atoms with Gasteiger partial charge in [-0.05, 0) is 122 Å². The molecule has 1 unspecified atom stereocenters. The van der Waals surface area contributed by atoms with Gasteiger partial charge in [0.05, 0.1) is 6.10 Å². The van der Waals surface area contributed by atoms with Crippen LogP contribution in [0.25, 0.3) is 0 Å². The van der Waals surface area contributed by atoms with Crippen LogP contribution in [0.2, 0.25) is 0 Å². The van der Waals surface area contributed by atoms with Crippen molar-refractivity contribution in [2.24, 2.45) is 56.7 Å². The van der Waals surface area contributed by atoms with E-state index >= 15 is 0 Å². The van der Waals surface area contributed by atoms with Crippen LogP contribution in [-0.2, 0) is 9.53 Å². The molecule has 5 saturated carbocycles. The molecular weight excluding hydrogens is 432 g/mol. The fourth-order valence-electron chi connectivity index (χ4n) is 11.7. The first-order valence-corrected chi connectivity index (χ1v) is 15.1. The number of aliphatic hydroxyl groups excluding tert-OH is 1. The molecule has 2 spiro atoms. The minimum Gasteiger partial charge on any atom is -0.462 e. The van der Waals surface area contributed by atoms with Crippen LogP contribution in [0.4, 0.5) is 0 Å². The van der Waals surface area contributed by atoms with Crippen LogP contribution in [0.3, 0.4) is 0 Å². The van der Waals surface area contributed by atoms with Crippen molar-refractivity contribution in [1.29, 1.82) is 0 Å². The van der Waals surface area contributed by atoms with E-state index in [0.29, 0.717) is 39.4 Å². The number of hydrogen-bond donors (Lipinski definition) is 1. The summed E-state index contributed by atoms with van der Waals surface area (Å²) >= 11 is 0. The van der Waals surface area contributed by atoms with Gasteiger partial charge in [-0.25, -0.2) is 0 Å². The fourth-order valence-corrected chi connectivity index (χ4v) is 11.7. The molecular formula is C32H54O3. The molecule has 0 heterocycles. The molecule has 3 nitrogen and oxygen atoms in total. The number of esters is 1. The number of carbonyl (C=O) groups excluding carboxylic acids is 1. The lowest BCUT2D eigenvalue weighted by Crippen LogP contribution is -2.58. The predicted octanol–water partition coefficient (Wildman–Crippen LogP) is 7.79. The van der Waals surface area contributed by atoms with Crippen molar-refractivity contribution in [1.82, 2.24) is 0 Å². The number of aliphatic hydroxyl groups is 1. The van der Waals surface area contributed by atoms with Crippen LogP contribution < -0.4 is 0 Å². The summed E-state index contributed by atoms with van der Waals surface area (Å²) in [4.78, 5) is 11.8. The van der Waals surface area contributed by atoms with Crippen LogP contribution in [-0.4, -0.2) is 23.3 Å². The van der Waals surface area contributed by atoms with Crippen molar-refractivity contribution >= 4 is 5.97 Å². The van der Waals surface area contributed by atoms with E-state index in [0.717, 1.165) is 24.7 Å². The first kappa shape index (κ1) is 26.1. The van der Waals surface area contributed by atoms with E-state index in [1.54, 1.807) is 6.92 Å². The zero-order valence-electron chi connectivity index (χ0n) is 24.1. The highest BCUT2D eigenvalue weighted by Crippen LogP contribution is 2.89. The molecule has 5 aliphatic rings. The SMILES string of the molecule is CC(=O)O[C@H]1CC[C@]23C[C@]24CC[C@]2(C)[C@@H]([C@H](C)CCC(O)C(C)C)CC[C@@]2(C)[C@@H]4CC[C@H]3C1(C)C. The lowest BCUT2D eigenvalue weighted by Gasteiger charge is -2.63. The highest BCUT2D eigenvalue weighted by Gasteiger charge is 2.82. The van der Waals surface area contributed by atoms with Gasteiger partial charge in [-0.2, -0.15) is 0 Å². The maximum atomic E-state index is 11.8. The summed E-state index contributed by atoms with van der Waals surface area (Å²) in [5.41, 5.74) is 2.03. The van der Waals surface area contributed by atoms with Crippen molar-refractivity contribution in [3.05, 3.63) is 0 Å². The number of rotatable bonds is 6.